The number of amides is 3. The van der Waals surface area contributed by atoms with E-state index in [4.69, 9.17) is 9.47 Å². The van der Waals surface area contributed by atoms with E-state index in [1.807, 2.05) is 45.0 Å². The van der Waals surface area contributed by atoms with Crippen molar-refractivity contribution in [3.05, 3.63) is 29.8 Å². The van der Waals surface area contributed by atoms with Crippen molar-refractivity contribution >= 4 is 17.9 Å². The predicted octanol–water partition coefficient (Wildman–Crippen LogP) is 2.74. The minimum Gasteiger partial charge on any atom is -0.493 e. The van der Waals surface area contributed by atoms with Crippen molar-refractivity contribution in [2.24, 2.45) is 5.92 Å². The Hall–Kier alpha value is -2.77. The summed E-state index contributed by atoms with van der Waals surface area (Å²) in [6.07, 6.45) is 1.99. The predicted molar refractivity (Wildman–Crippen MR) is 111 cm³/mol. The van der Waals surface area contributed by atoms with Crippen LogP contribution in [0.15, 0.2) is 24.3 Å². The first-order valence-corrected chi connectivity index (χ1v) is 10.5. The van der Waals surface area contributed by atoms with Gasteiger partial charge in [-0.1, -0.05) is 18.2 Å². The highest BCUT2D eigenvalue weighted by atomic mass is 16.6. The molecule has 2 heterocycles. The van der Waals surface area contributed by atoms with Gasteiger partial charge in [0.25, 0.3) is 0 Å². The highest BCUT2D eigenvalue weighted by Crippen LogP contribution is 2.35. The summed E-state index contributed by atoms with van der Waals surface area (Å²) >= 11 is 0. The molecule has 0 aliphatic carbocycles. The van der Waals surface area contributed by atoms with Gasteiger partial charge in [-0.3, -0.25) is 20.4 Å². The molecular weight excluding hydrogens is 386 g/mol. The zero-order chi connectivity index (χ0) is 21.7. The van der Waals surface area contributed by atoms with E-state index in [1.54, 1.807) is 4.90 Å². The van der Waals surface area contributed by atoms with Gasteiger partial charge in [0.05, 0.1) is 12.5 Å². The van der Waals surface area contributed by atoms with E-state index in [9.17, 15) is 14.4 Å². The molecule has 2 atom stereocenters. The van der Waals surface area contributed by atoms with E-state index in [0.29, 0.717) is 26.0 Å². The van der Waals surface area contributed by atoms with Crippen LogP contribution in [0, 0.1) is 5.92 Å². The summed E-state index contributed by atoms with van der Waals surface area (Å²) in [6, 6.07) is 7.71. The number of piperidine rings is 1. The molecule has 0 spiro atoms. The molecule has 2 N–H and O–H groups in total. The lowest BCUT2D eigenvalue weighted by molar-refractivity contribution is -0.132. The summed E-state index contributed by atoms with van der Waals surface area (Å²) in [5, 5.41) is 0. The lowest BCUT2D eigenvalue weighted by Gasteiger charge is -2.33. The van der Waals surface area contributed by atoms with Crippen molar-refractivity contribution in [3.8, 4) is 5.75 Å². The molecular formula is C22H31N3O5. The van der Waals surface area contributed by atoms with Gasteiger partial charge in [-0.05, 0) is 57.6 Å². The maximum Gasteiger partial charge on any atom is 0.410 e. The Morgan fingerprint density at radius 1 is 1.17 bits per heavy atom. The number of ether oxygens (including phenoxy) is 2. The number of benzene rings is 1. The van der Waals surface area contributed by atoms with Crippen molar-refractivity contribution in [1.29, 1.82) is 0 Å². The van der Waals surface area contributed by atoms with Crippen LogP contribution in [0.1, 0.15) is 57.9 Å². The standard InChI is InChI=1S/C22H31N3O5/c1-22(2,3)30-21(28)25-11-6-7-16(14-25)20(27)24-23-19(26)13-15-10-12-29-18-9-5-4-8-17(15)18/h4-5,8-9,15-16H,6-7,10-14H2,1-3H3,(H,23,26)(H,24,27)/t15-,16-/m1/s1. The number of carbonyl (C=O) groups is 3. The Kier molecular flexibility index (Phi) is 6.84. The Morgan fingerprint density at radius 3 is 2.70 bits per heavy atom. The largest absolute Gasteiger partial charge is 0.493 e. The van der Waals surface area contributed by atoms with Crippen molar-refractivity contribution in [1.82, 2.24) is 15.8 Å². The molecule has 164 valence electrons. The van der Waals surface area contributed by atoms with Crippen LogP contribution in [0.4, 0.5) is 4.79 Å². The van der Waals surface area contributed by atoms with Gasteiger partial charge in [-0.15, -0.1) is 0 Å². The fraction of sp³-hybridized carbons (Fsp3) is 0.591. The Labute approximate surface area is 177 Å². The number of para-hydroxylation sites is 1. The molecule has 8 heteroatoms. The van der Waals surface area contributed by atoms with Crippen LogP contribution in [0.3, 0.4) is 0 Å². The number of rotatable bonds is 3. The molecule has 0 unspecified atom stereocenters. The average Bonchev–Trinajstić information content (AvgIpc) is 2.71. The summed E-state index contributed by atoms with van der Waals surface area (Å²) in [5.74, 6) is -0.0385. The molecule has 2 aliphatic heterocycles. The first-order valence-electron chi connectivity index (χ1n) is 10.5. The van der Waals surface area contributed by atoms with Gasteiger partial charge in [0.2, 0.25) is 11.8 Å². The van der Waals surface area contributed by atoms with Gasteiger partial charge in [0.15, 0.2) is 0 Å². The fourth-order valence-electron chi connectivity index (χ4n) is 3.82. The minimum absolute atomic E-state index is 0.0594. The summed E-state index contributed by atoms with van der Waals surface area (Å²) in [4.78, 5) is 38.7. The van der Waals surface area contributed by atoms with Gasteiger partial charge in [0, 0.05) is 19.5 Å². The number of likely N-dealkylation sites (tertiary alicyclic amines) is 1. The van der Waals surface area contributed by atoms with Crippen molar-refractivity contribution in [2.75, 3.05) is 19.7 Å². The molecule has 0 aromatic heterocycles. The van der Waals surface area contributed by atoms with Crippen LogP contribution < -0.4 is 15.6 Å². The molecule has 30 heavy (non-hydrogen) atoms. The van der Waals surface area contributed by atoms with E-state index >= 15 is 0 Å². The first-order chi connectivity index (χ1) is 14.2. The van der Waals surface area contributed by atoms with Crippen LogP contribution >= 0.6 is 0 Å². The van der Waals surface area contributed by atoms with Crippen molar-refractivity contribution < 1.29 is 23.9 Å². The Balaban J connectivity index is 1.47. The molecule has 1 aromatic rings. The highest BCUT2D eigenvalue weighted by molar-refractivity contribution is 5.84. The average molecular weight is 418 g/mol. The van der Waals surface area contributed by atoms with Crippen LogP contribution in [0.5, 0.6) is 5.75 Å². The number of fused-ring (bicyclic) bond motifs is 1. The summed E-state index contributed by atoms with van der Waals surface area (Å²) in [5.41, 5.74) is 5.49. The van der Waals surface area contributed by atoms with Crippen LogP contribution in [-0.2, 0) is 14.3 Å². The molecule has 1 fully saturated rings. The molecule has 0 saturated carbocycles. The number of carbonyl (C=O) groups excluding carboxylic acids is 3. The van der Waals surface area contributed by atoms with Crippen LogP contribution in [0.2, 0.25) is 0 Å². The van der Waals surface area contributed by atoms with Crippen LogP contribution in [-0.4, -0.2) is 48.1 Å². The van der Waals surface area contributed by atoms with Gasteiger partial charge < -0.3 is 14.4 Å². The smallest absolute Gasteiger partial charge is 0.410 e. The van der Waals surface area contributed by atoms with Gasteiger partial charge in [-0.25, -0.2) is 4.79 Å². The normalized spacial score (nSPS) is 21.1. The number of nitrogens with one attached hydrogen (secondary N) is 2. The SMILES string of the molecule is CC(C)(C)OC(=O)N1CCC[C@@H](C(=O)NNC(=O)C[C@H]2CCOc3ccccc32)C1. The third-order valence-electron chi connectivity index (χ3n) is 5.28. The van der Waals surface area contributed by atoms with E-state index in [0.717, 1.165) is 17.7 Å². The molecule has 0 bridgehead atoms. The zero-order valence-corrected chi connectivity index (χ0v) is 17.9. The molecule has 8 nitrogen and oxygen atoms in total. The number of hydrogen-bond acceptors (Lipinski definition) is 5. The molecule has 0 radical (unpaired) electrons. The number of hydrogen-bond donors (Lipinski definition) is 2. The van der Waals surface area contributed by atoms with E-state index in [2.05, 4.69) is 10.9 Å². The molecule has 1 saturated heterocycles. The van der Waals surface area contributed by atoms with E-state index in [-0.39, 0.29) is 36.6 Å². The third-order valence-corrected chi connectivity index (χ3v) is 5.28. The molecule has 3 amide bonds. The number of hydrazine groups is 1. The summed E-state index contributed by atoms with van der Waals surface area (Å²) < 4.78 is 11.0. The maximum absolute atomic E-state index is 12.5. The summed E-state index contributed by atoms with van der Waals surface area (Å²) in [6.45, 7) is 6.85. The fourth-order valence-corrected chi connectivity index (χ4v) is 3.82. The Bertz CT molecular complexity index is 789. The molecule has 2 aliphatic rings. The van der Waals surface area contributed by atoms with Gasteiger partial charge >= 0.3 is 6.09 Å². The topological polar surface area (TPSA) is 97.0 Å². The van der Waals surface area contributed by atoms with Gasteiger partial charge in [0.1, 0.15) is 11.4 Å². The maximum atomic E-state index is 12.5. The highest BCUT2D eigenvalue weighted by Gasteiger charge is 2.31. The number of nitrogens with zero attached hydrogens (tertiary/aromatic N) is 1. The van der Waals surface area contributed by atoms with E-state index < -0.39 is 11.7 Å². The lowest BCUT2D eigenvalue weighted by Crippen LogP contribution is -2.50. The second-order valence-electron chi connectivity index (χ2n) is 8.88. The molecule has 1 aromatic carbocycles. The molecule has 3 rings (SSSR count). The third kappa shape index (κ3) is 5.87. The van der Waals surface area contributed by atoms with Crippen molar-refractivity contribution in [2.45, 2.75) is 58.0 Å². The second-order valence-corrected chi connectivity index (χ2v) is 8.88. The van der Waals surface area contributed by atoms with Gasteiger partial charge in [-0.2, -0.15) is 0 Å². The first kappa shape index (κ1) is 21.9. The Morgan fingerprint density at radius 2 is 1.93 bits per heavy atom. The lowest BCUT2D eigenvalue weighted by atomic mass is 9.90. The minimum atomic E-state index is -0.580. The van der Waals surface area contributed by atoms with Crippen molar-refractivity contribution in [3.63, 3.8) is 0 Å². The van der Waals surface area contributed by atoms with Crippen LogP contribution in [0.25, 0.3) is 0 Å². The zero-order valence-electron chi connectivity index (χ0n) is 17.9. The quantitative estimate of drug-likeness (QED) is 0.737. The monoisotopic (exact) mass is 417 g/mol. The van der Waals surface area contributed by atoms with E-state index in [1.165, 1.54) is 0 Å². The second kappa shape index (κ2) is 9.36. The summed E-state index contributed by atoms with van der Waals surface area (Å²) in [7, 11) is 0.